The second-order valence-corrected chi connectivity index (χ2v) is 8.04. The lowest BCUT2D eigenvalue weighted by Crippen LogP contribution is -2.40. The van der Waals surface area contributed by atoms with E-state index in [9.17, 15) is 13.2 Å². The smallest absolute Gasteiger partial charge is 0.254 e. The van der Waals surface area contributed by atoms with Crippen LogP contribution in [0.4, 0.5) is 0 Å². The molecule has 23 heavy (non-hydrogen) atoms. The van der Waals surface area contributed by atoms with Gasteiger partial charge in [-0.3, -0.25) is 4.79 Å². The Kier molecular flexibility index (Phi) is 7.03. The fourth-order valence-electron chi connectivity index (χ4n) is 2.71. The highest BCUT2D eigenvalue weighted by atomic mass is 79.9. The summed E-state index contributed by atoms with van der Waals surface area (Å²) in [7, 11) is -3.87. The van der Waals surface area contributed by atoms with Crippen molar-refractivity contribution in [2.24, 2.45) is 16.8 Å². The minimum absolute atomic E-state index is 0. The number of hydrogen-bond donors (Lipinski definition) is 2. The Bertz CT molecular complexity index is 689. The fraction of sp³-hybridized carbons (Fsp3) is 0.500. The number of nitrogens with two attached hydrogens (primary N) is 2. The highest BCUT2D eigenvalue weighted by Gasteiger charge is 2.26. The van der Waals surface area contributed by atoms with Gasteiger partial charge in [-0.25, -0.2) is 13.6 Å². The first-order valence-corrected chi connectivity index (χ1v) is 9.40. The SMILES string of the molecule is Cc1c(C(=O)N2CCC(CN)CC2)cc(Br)cc1S(N)(=O)=O.Cl. The number of piperidine rings is 1. The van der Waals surface area contributed by atoms with Crippen molar-refractivity contribution in [1.82, 2.24) is 4.90 Å². The van der Waals surface area contributed by atoms with Gasteiger partial charge in [-0.15, -0.1) is 12.4 Å². The maximum absolute atomic E-state index is 12.7. The molecule has 130 valence electrons. The van der Waals surface area contributed by atoms with Crippen LogP contribution in [0.15, 0.2) is 21.5 Å². The number of likely N-dealkylation sites (tertiary alicyclic amines) is 1. The number of nitrogens with zero attached hydrogens (tertiary/aromatic N) is 1. The zero-order valence-corrected chi connectivity index (χ0v) is 16.0. The Morgan fingerprint density at radius 3 is 2.39 bits per heavy atom. The predicted molar refractivity (Wildman–Crippen MR) is 95.2 cm³/mol. The number of primary sulfonamides is 1. The third kappa shape index (κ3) is 4.67. The topological polar surface area (TPSA) is 106 Å². The Morgan fingerprint density at radius 2 is 1.91 bits per heavy atom. The lowest BCUT2D eigenvalue weighted by Gasteiger charge is -2.32. The van der Waals surface area contributed by atoms with Crippen molar-refractivity contribution >= 4 is 44.3 Å². The summed E-state index contributed by atoms with van der Waals surface area (Å²) in [6.07, 6.45) is 1.74. The van der Waals surface area contributed by atoms with Crippen molar-refractivity contribution in [1.29, 1.82) is 0 Å². The van der Waals surface area contributed by atoms with E-state index in [1.54, 1.807) is 17.9 Å². The number of benzene rings is 1. The van der Waals surface area contributed by atoms with E-state index in [-0.39, 0.29) is 23.2 Å². The number of sulfonamides is 1. The van der Waals surface area contributed by atoms with Crippen LogP contribution in [0, 0.1) is 12.8 Å². The molecular weight excluding hydrogens is 406 g/mol. The number of hydrogen-bond acceptors (Lipinski definition) is 4. The van der Waals surface area contributed by atoms with Gasteiger partial charge < -0.3 is 10.6 Å². The summed E-state index contributed by atoms with van der Waals surface area (Å²) in [6, 6.07) is 3.06. The summed E-state index contributed by atoms with van der Waals surface area (Å²) < 4.78 is 23.8. The van der Waals surface area contributed by atoms with Gasteiger partial charge in [0.1, 0.15) is 0 Å². The van der Waals surface area contributed by atoms with Gasteiger partial charge in [0, 0.05) is 23.1 Å². The second-order valence-electron chi connectivity index (χ2n) is 5.59. The molecule has 0 saturated carbocycles. The Hall–Kier alpha value is -0.670. The van der Waals surface area contributed by atoms with Crippen molar-refractivity contribution < 1.29 is 13.2 Å². The van der Waals surface area contributed by atoms with Gasteiger partial charge in [-0.2, -0.15) is 0 Å². The van der Waals surface area contributed by atoms with Crippen LogP contribution in [0.2, 0.25) is 0 Å². The number of amides is 1. The maximum Gasteiger partial charge on any atom is 0.254 e. The molecule has 1 fully saturated rings. The summed E-state index contributed by atoms with van der Waals surface area (Å²) in [4.78, 5) is 14.4. The molecule has 0 aromatic heterocycles. The average Bonchev–Trinajstić information content (AvgIpc) is 2.47. The van der Waals surface area contributed by atoms with Crippen LogP contribution in [0.25, 0.3) is 0 Å². The van der Waals surface area contributed by atoms with Crippen molar-refractivity contribution in [3.8, 4) is 0 Å². The van der Waals surface area contributed by atoms with Crippen LogP contribution < -0.4 is 10.9 Å². The summed E-state index contributed by atoms with van der Waals surface area (Å²) in [5.41, 5.74) is 6.41. The normalized spacial score (nSPS) is 16.1. The molecule has 1 aliphatic heterocycles. The zero-order chi connectivity index (χ0) is 16.5. The predicted octanol–water partition coefficient (Wildman–Crippen LogP) is 1.64. The quantitative estimate of drug-likeness (QED) is 0.766. The molecule has 9 heteroatoms. The highest BCUT2D eigenvalue weighted by Crippen LogP contribution is 2.26. The van der Waals surface area contributed by atoms with Crippen LogP contribution in [0.3, 0.4) is 0 Å². The lowest BCUT2D eigenvalue weighted by atomic mass is 9.96. The van der Waals surface area contributed by atoms with Crippen LogP contribution in [0.5, 0.6) is 0 Å². The molecule has 0 unspecified atom stereocenters. The first kappa shape index (κ1) is 20.4. The average molecular weight is 427 g/mol. The molecule has 0 atom stereocenters. The van der Waals surface area contributed by atoms with E-state index in [1.807, 2.05) is 0 Å². The molecule has 1 amide bonds. The van der Waals surface area contributed by atoms with Crippen molar-refractivity contribution in [2.75, 3.05) is 19.6 Å². The van der Waals surface area contributed by atoms with Gasteiger partial charge in [-0.05, 0) is 49.9 Å². The number of rotatable bonds is 3. The van der Waals surface area contributed by atoms with Gasteiger partial charge in [-0.1, -0.05) is 15.9 Å². The molecule has 1 aromatic carbocycles. The molecule has 0 bridgehead atoms. The third-order valence-electron chi connectivity index (χ3n) is 4.10. The second kappa shape index (κ2) is 7.94. The van der Waals surface area contributed by atoms with E-state index in [2.05, 4.69) is 15.9 Å². The van der Waals surface area contributed by atoms with E-state index in [0.717, 1.165) is 12.8 Å². The molecule has 1 heterocycles. The van der Waals surface area contributed by atoms with Gasteiger partial charge >= 0.3 is 0 Å². The summed E-state index contributed by atoms with van der Waals surface area (Å²) in [6.45, 7) is 3.51. The highest BCUT2D eigenvalue weighted by molar-refractivity contribution is 9.10. The Balaban J connectivity index is 0.00000264. The maximum atomic E-state index is 12.7. The molecule has 1 saturated heterocycles. The van der Waals surface area contributed by atoms with Crippen molar-refractivity contribution in [3.05, 3.63) is 27.7 Å². The molecule has 1 aromatic rings. The summed E-state index contributed by atoms with van der Waals surface area (Å²) >= 11 is 3.25. The van der Waals surface area contributed by atoms with Gasteiger partial charge in [0.25, 0.3) is 5.91 Å². The Morgan fingerprint density at radius 1 is 1.35 bits per heavy atom. The fourth-order valence-corrected chi connectivity index (χ4v) is 4.15. The Labute approximate surface area is 151 Å². The van der Waals surface area contributed by atoms with E-state index in [4.69, 9.17) is 10.9 Å². The van der Waals surface area contributed by atoms with E-state index < -0.39 is 10.0 Å². The van der Waals surface area contributed by atoms with E-state index >= 15 is 0 Å². The number of halogens is 2. The molecule has 0 radical (unpaired) electrons. The van der Waals surface area contributed by atoms with Crippen molar-refractivity contribution in [2.45, 2.75) is 24.7 Å². The van der Waals surface area contributed by atoms with Gasteiger partial charge in [0.2, 0.25) is 10.0 Å². The molecule has 2 rings (SSSR count). The molecule has 1 aliphatic rings. The minimum Gasteiger partial charge on any atom is -0.339 e. The molecule has 4 N–H and O–H groups in total. The summed E-state index contributed by atoms with van der Waals surface area (Å²) in [5.74, 6) is 0.284. The third-order valence-corrected chi connectivity index (χ3v) is 5.59. The summed E-state index contributed by atoms with van der Waals surface area (Å²) in [5, 5.41) is 5.22. The van der Waals surface area contributed by atoms with Gasteiger partial charge in [0.05, 0.1) is 4.90 Å². The van der Waals surface area contributed by atoms with Crippen LogP contribution in [-0.4, -0.2) is 38.9 Å². The van der Waals surface area contributed by atoms with Crippen LogP contribution >= 0.6 is 28.3 Å². The monoisotopic (exact) mass is 425 g/mol. The zero-order valence-electron chi connectivity index (χ0n) is 12.8. The van der Waals surface area contributed by atoms with Crippen LogP contribution in [-0.2, 0) is 10.0 Å². The standard InChI is InChI=1S/C14H20BrN3O3S.ClH/c1-9-12(6-11(15)7-13(9)22(17,20)21)14(19)18-4-2-10(8-16)3-5-18;/h6-7,10H,2-5,8,16H2,1H3,(H2,17,20,21);1H. The van der Waals surface area contributed by atoms with Gasteiger partial charge in [0.15, 0.2) is 0 Å². The number of carbonyl (C=O) groups excluding carboxylic acids is 1. The van der Waals surface area contributed by atoms with Crippen LogP contribution in [0.1, 0.15) is 28.8 Å². The molecule has 0 aliphatic carbocycles. The largest absolute Gasteiger partial charge is 0.339 e. The molecular formula is C14H21BrClN3O3S. The first-order chi connectivity index (χ1) is 10.2. The molecule has 6 nitrogen and oxygen atoms in total. The van der Waals surface area contributed by atoms with E-state index in [0.29, 0.717) is 41.2 Å². The molecule has 0 spiro atoms. The van der Waals surface area contributed by atoms with Crippen molar-refractivity contribution in [3.63, 3.8) is 0 Å². The van der Waals surface area contributed by atoms with E-state index in [1.165, 1.54) is 6.07 Å². The first-order valence-electron chi connectivity index (χ1n) is 7.06. The lowest BCUT2D eigenvalue weighted by molar-refractivity contribution is 0.0692. The minimum atomic E-state index is -3.87. The number of carbonyl (C=O) groups is 1.